The summed E-state index contributed by atoms with van der Waals surface area (Å²) in [4.78, 5) is 128. The van der Waals surface area contributed by atoms with Crippen molar-refractivity contribution in [3.63, 3.8) is 0 Å². The number of methoxy groups -OCH3 is 2. The van der Waals surface area contributed by atoms with Crippen LogP contribution in [0.4, 0.5) is 11.4 Å². The van der Waals surface area contributed by atoms with Crippen LogP contribution in [0.3, 0.4) is 0 Å². The van der Waals surface area contributed by atoms with E-state index in [1.165, 1.54) is 12.1 Å². The minimum atomic E-state index is -1.77. The predicted molar refractivity (Wildman–Crippen MR) is 220 cm³/mol. The fourth-order valence-electron chi connectivity index (χ4n) is 6.35. The predicted octanol–water partition coefficient (Wildman–Crippen LogP) is -2.63. The van der Waals surface area contributed by atoms with Crippen LogP contribution in [0.5, 0.6) is 11.5 Å². The van der Waals surface area contributed by atoms with Gasteiger partial charge in [0.1, 0.15) is 6.29 Å². The van der Waals surface area contributed by atoms with Crippen LogP contribution in [0.2, 0.25) is 0 Å². The van der Waals surface area contributed by atoms with Crippen LogP contribution < -0.4 is 39.0 Å². The van der Waals surface area contributed by atoms with Crippen molar-refractivity contribution in [3.05, 3.63) is 67.8 Å². The number of nitro benzene ring substituents is 2. The van der Waals surface area contributed by atoms with E-state index in [4.69, 9.17) is 47.4 Å². The summed E-state index contributed by atoms with van der Waals surface area (Å²) in [5.41, 5.74) is -1.03. The molecule has 2 saturated heterocycles. The Hall–Kier alpha value is -6.79. The molecule has 0 aliphatic carbocycles. The zero-order chi connectivity index (χ0) is 51.2. The molecule has 70 heavy (non-hydrogen) atoms. The van der Waals surface area contributed by atoms with Crippen LogP contribution in [-0.4, -0.2) is 153 Å². The van der Waals surface area contributed by atoms with Gasteiger partial charge >= 0.3 is 88.7 Å². The van der Waals surface area contributed by atoms with Gasteiger partial charge in [-0.25, -0.2) is 9.59 Å². The Morgan fingerprint density at radius 2 is 0.914 bits per heavy atom. The van der Waals surface area contributed by atoms with E-state index in [1.807, 2.05) is 0 Å². The molecule has 0 spiro atoms. The van der Waals surface area contributed by atoms with Crippen molar-refractivity contribution in [1.29, 1.82) is 0 Å². The Bertz CT molecular complexity index is 2290. The van der Waals surface area contributed by atoms with Gasteiger partial charge in [0.2, 0.25) is 24.8 Å². The number of ether oxygens (including phenoxy) is 12. The standard InChI is InChI=1S/C20H23NO13.C20H21NO13.B.Na.H/c2*1-9(23)30-15-16(31-10(2)24)18(32-11(3)25)20(34-17(15)19(26)29-4)33-14-6-5-12(8-22)7-13(14)21(27)28;;;/h5-7,15-18,20,22H,8H2,1-4H3;5-8,15-18,20H,1-4H3;;;/q;;;+1;-1/t2*15-,16-,17-,18+,20+;;;/m00.../s1. The molecule has 30 heteroatoms. The van der Waals surface area contributed by atoms with E-state index < -0.39 is 143 Å². The van der Waals surface area contributed by atoms with Crippen LogP contribution in [0.25, 0.3) is 0 Å². The van der Waals surface area contributed by atoms with E-state index in [2.05, 4.69) is 9.47 Å². The number of aliphatic hydroxyl groups excluding tert-OH is 1. The molecule has 0 unspecified atom stereocenters. The summed E-state index contributed by atoms with van der Waals surface area (Å²) in [7, 11) is 2.03. The van der Waals surface area contributed by atoms with E-state index in [1.54, 1.807) is 0 Å². The molecule has 0 saturated carbocycles. The number of nitro groups is 2. The normalized spacial score (nSPS) is 23.1. The second kappa shape index (κ2) is 28.0. The molecule has 3 radical (unpaired) electrons. The Labute approximate surface area is 421 Å². The fraction of sp³-hybridized carbons (Fsp3) is 0.475. The van der Waals surface area contributed by atoms with E-state index in [0.29, 0.717) is 6.29 Å². The topological polar surface area (TPSA) is 371 Å². The second-order valence-electron chi connectivity index (χ2n) is 13.9. The number of hydrogen-bond donors (Lipinski definition) is 1. The van der Waals surface area contributed by atoms with Gasteiger partial charge in [0.25, 0.3) is 0 Å². The summed E-state index contributed by atoms with van der Waals surface area (Å²) < 4.78 is 62.5. The number of carbonyl (C=O) groups excluding carboxylic acids is 9. The zero-order valence-corrected chi connectivity index (χ0v) is 40.6. The molecule has 2 heterocycles. The number of rotatable bonds is 16. The van der Waals surface area contributed by atoms with Crippen molar-refractivity contribution in [2.24, 2.45) is 0 Å². The second-order valence-corrected chi connectivity index (χ2v) is 13.9. The van der Waals surface area contributed by atoms with Crippen LogP contribution in [0, 0.1) is 20.2 Å². The van der Waals surface area contributed by atoms with E-state index in [0.717, 1.165) is 80.0 Å². The average Bonchev–Trinajstić information content (AvgIpc) is 3.26. The SMILES string of the molecule is COC(=O)[C@H]1O[C@@H](Oc2ccc(C=O)cc2[N+](=O)[O-])[C@H](OC(C)=O)[C@@H](OC(C)=O)[C@@H]1OC(C)=O.COC(=O)[C@H]1O[C@@H](Oc2ccc(CO)cc2[N+](=O)[O-])[C@H](OC(C)=O)[C@@H](OC(C)=O)[C@@H]1OC(C)=O.[B].[H-].[Na+]. The van der Waals surface area contributed by atoms with Crippen molar-refractivity contribution < 1.29 is 146 Å². The first kappa shape index (κ1) is 61.2. The first-order valence-corrected chi connectivity index (χ1v) is 19.4. The Morgan fingerprint density at radius 3 is 1.23 bits per heavy atom. The minimum absolute atomic E-state index is 0. The molecule has 2 aromatic rings. The fourth-order valence-corrected chi connectivity index (χ4v) is 6.35. The molecular formula is C40H45BN2NaO26. The smallest absolute Gasteiger partial charge is 1.00 e. The van der Waals surface area contributed by atoms with E-state index in [-0.39, 0.29) is 56.3 Å². The van der Waals surface area contributed by atoms with Crippen LogP contribution in [0.15, 0.2) is 36.4 Å². The molecule has 4 rings (SSSR count). The van der Waals surface area contributed by atoms with Gasteiger partial charge in [-0.3, -0.25) is 53.8 Å². The molecule has 0 amide bonds. The van der Waals surface area contributed by atoms with Gasteiger partial charge in [-0.1, -0.05) is 6.07 Å². The summed E-state index contributed by atoms with van der Waals surface area (Å²) in [6, 6.07) is 6.75. The van der Waals surface area contributed by atoms with E-state index >= 15 is 0 Å². The van der Waals surface area contributed by atoms with Crippen molar-refractivity contribution >= 4 is 73.8 Å². The summed E-state index contributed by atoms with van der Waals surface area (Å²) in [5, 5.41) is 32.2. The molecule has 10 atom stereocenters. The number of esters is 8. The third-order valence-corrected chi connectivity index (χ3v) is 8.87. The molecule has 2 aliphatic heterocycles. The van der Waals surface area contributed by atoms with Crippen LogP contribution in [-0.2, 0) is 92.3 Å². The maximum atomic E-state index is 12.4. The van der Waals surface area contributed by atoms with Gasteiger partial charge in [0.15, 0.2) is 48.1 Å². The monoisotopic (exact) mass is 1000 g/mol. The summed E-state index contributed by atoms with van der Waals surface area (Å²) in [6.07, 6.45) is -16.3. The van der Waals surface area contributed by atoms with Gasteiger partial charge in [-0.2, -0.15) is 0 Å². The quantitative estimate of drug-likeness (QED) is 0.0449. The maximum Gasteiger partial charge on any atom is 1.00 e. The largest absolute Gasteiger partial charge is 1.00 e. The Morgan fingerprint density at radius 1 is 0.586 bits per heavy atom. The molecule has 375 valence electrons. The zero-order valence-electron chi connectivity index (χ0n) is 39.6. The number of nitrogens with zero attached hydrogens (tertiary/aromatic N) is 2. The molecule has 2 fully saturated rings. The van der Waals surface area contributed by atoms with E-state index in [9.17, 15) is 68.5 Å². The van der Waals surface area contributed by atoms with Crippen molar-refractivity contribution in [2.45, 2.75) is 110 Å². The molecule has 1 N–H and O–H groups in total. The maximum absolute atomic E-state index is 12.4. The third-order valence-electron chi connectivity index (χ3n) is 8.87. The summed E-state index contributed by atoms with van der Waals surface area (Å²) in [6.45, 7) is 5.61. The van der Waals surface area contributed by atoms with Crippen molar-refractivity contribution in [1.82, 2.24) is 0 Å². The van der Waals surface area contributed by atoms with Crippen molar-refractivity contribution in [3.8, 4) is 11.5 Å². The molecule has 2 aromatic carbocycles. The van der Waals surface area contributed by atoms with Gasteiger partial charge < -0.3 is 63.4 Å². The average molecular weight is 1000 g/mol. The van der Waals surface area contributed by atoms with Crippen LogP contribution in [0.1, 0.15) is 58.9 Å². The molecular weight excluding hydrogens is 958 g/mol. The Balaban J connectivity index is 0.00000132. The van der Waals surface area contributed by atoms with Crippen molar-refractivity contribution in [2.75, 3.05) is 14.2 Å². The molecule has 28 nitrogen and oxygen atoms in total. The third kappa shape index (κ3) is 16.7. The number of aliphatic hydroxyl groups is 1. The first-order chi connectivity index (χ1) is 32.0. The molecule has 2 aliphatic rings. The number of benzene rings is 2. The van der Waals surface area contributed by atoms with Crippen LogP contribution >= 0.6 is 0 Å². The summed E-state index contributed by atoms with van der Waals surface area (Å²) >= 11 is 0. The molecule has 0 aromatic heterocycles. The summed E-state index contributed by atoms with van der Waals surface area (Å²) in [5.74, 6) is -8.25. The number of carbonyl (C=O) groups is 9. The number of hydrogen-bond acceptors (Lipinski definition) is 26. The van der Waals surface area contributed by atoms with Gasteiger partial charge in [0, 0.05) is 67.7 Å². The Kier molecular flexibility index (Phi) is 24.5. The molecule has 0 bridgehead atoms. The van der Waals surface area contributed by atoms with Gasteiger partial charge in [-0.05, 0) is 23.8 Å². The first-order valence-electron chi connectivity index (χ1n) is 19.4. The van der Waals surface area contributed by atoms with Gasteiger partial charge in [0.05, 0.1) is 30.7 Å². The minimum Gasteiger partial charge on any atom is -1.00 e. The number of aldehydes is 1. The van der Waals surface area contributed by atoms with Gasteiger partial charge in [-0.15, -0.1) is 0 Å².